The Morgan fingerprint density at radius 3 is 2.71 bits per heavy atom. The first kappa shape index (κ1) is 13.8. The molecule has 0 spiro atoms. The minimum atomic E-state index is -3.10. The fraction of sp³-hybridized carbons (Fsp3) is 0.429. The van der Waals surface area contributed by atoms with Crippen molar-refractivity contribution in [3.63, 3.8) is 0 Å². The Morgan fingerprint density at radius 2 is 2.06 bits per heavy atom. The molecule has 0 atom stereocenters. The van der Waals surface area contributed by atoms with Crippen molar-refractivity contribution in [1.82, 2.24) is 0 Å². The molecule has 92 valence electrons. The average Bonchev–Trinajstić information content (AvgIpc) is 2.30. The van der Waals surface area contributed by atoms with Crippen LogP contribution in [0.15, 0.2) is 29.2 Å². The molecular formula is C14H18O2S. The lowest BCUT2D eigenvalue weighted by Gasteiger charge is -2.05. The predicted octanol–water partition coefficient (Wildman–Crippen LogP) is 2.83. The third kappa shape index (κ3) is 4.24. The molecule has 0 radical (unpaired) electrons. The van der Waals surface area contributed by atoms with Crippen molar-refractivity contribution >= 4 is 9.84 Å². The van der Waals surface area contributed by atoms with Crippen molar-refractivity contribution in [1.29, 1.82) is 0 Å². The molecule has 0 heterocycles. The topological polar surface area (TPSA) is 34.1 Å². The smallest absolute Gasteiger partial charge is 0.178 e. The lowest BCUT2D eigenvalue weighted by molar-refractivity contribution is 0.594. The maximum Gasteiger partial charge on any atom is 0.178 e. The summed E-state index contributed by atoms with van der Waals surface area (Å²) in [6, 6.07) is 7.18. The summed E-state index contributed by atoms with van der Waals surface area (Å²) in [6.45, 7) is 3.68. The summed E-state index contributed by atoms with van der Waals surface area (Å²) in [5.74, 6) is 6.03. The SMILES string of the molecule is CC#CCCc1cccc(S(=O)(=O)CCC)c1. The molecule has 0 unspecified atom stereocenters. The number of hydrogen-bond donors (Lipinski definition) is 0. The van der Waals surface area contributed by atoms with Gasteiger partial charge >= 0.3 is 0 Å². The van der Waals surface area contributed by atoms with Gasteiger partial charge in [0, 0.05) is 6.42 Å². The Bertz CT molecular complexity index is 519. The highest BCUT2D eigenvalue weighted by Gasteiger charge is 2.12. The number of rotatable bonds is 5. The molecule has 1 rings (SSSR count). The van der Waals surface area contributed by atoms with Crippen LogP contribution in [-0.2, 0) is 16.3 Å². The summed E-state index contributed by atoms with van der Waals surface area (Å²) in [5.41, 5.74) is 1.03. The highest BCUT2D eigenvalue weighted by atomic mass is 32.2. The Balaban J connectivity index is 2.88. The Morgan fingerprint density at radius 1 is 1.29 bits per heavy atom. The molecule has 1 aromatic rings. The van der Waals surface area contributed by atoms with Gasteiger partial charge in [-0.25, -0.2) is 8.42 Å². The lowest BCUT2D eigenvalue weighted by atomic mass is 10.1. The van der Waals surface area contributed by atoms with Crippen molar-refractivity contribution < 1.29 is 8.42 Å². The summed E-state index contributed by atoms with van der Waals surface area (Å²) >= 11 is 0. The molecule has 17 heavy (non-hydrogen) atoms. The standard InChI is InChI=1S/C14H18O2S/c1-3-5-6-8-13-9-7-10-14(12-13)17(15,16)11-4-2/h7,9-10,12H,4,6,8,11H2,1-2H3. The van der Waals surface area contributed by atoms with Gasteiger partial charge in [-0.3, -0.25) is 0 Å². The molecule has 3 heteroatoms. The van der Waals surface area contributed by atoms with Crippen molar-refractivity contribution in [3.8, 4) is 11.8 Å². The summed E-state index contributed by atoms with van der Waals surface area (Å²) in [7, 11) is -3.10. The molecule has 0 N–H and O–H groups in total. The zero-order valence-corrected chi connectivity index (χ0v) is 11.2. The van der Waals surface area contributed by atoms with Crippen LogP contribution in [0.5, 0.6) is 0 Å². The maximum atomic E-state index is 11.9. The minimum absolute atomic E-state index is 0.214. The van der Waals surface area contributed by atoms with Crippen molar-refractivity contribution in [2.24, 2.45) is 0 Å². The van der Waals surface area contributed by atoms with E-state index >= 15 is 0 Å². The Labute approximate surface area is 104 Å². The van der Waals surface area contributed by atoms with Crippen LogP contribution in [-0.4, -0.2) is 14.2 Å². The third-order valence-electron chi connectivity index (χ3n) is 2.45. The van der Waals surface area contributed by atoms with E-state index in [4.69, 9.17) is 0 Å². The van der Waals surface area contributed by atoms with Gasteiger partial charge in [-0.05, 0) is 37.5 Å². The Hall–Kier alpha value is -1.27. The van der Waals surface area contributed by atoms with Crippen LogP contribution in [0.25, 0.3) is 0 Å². The first-order chi connectivity index (χ1) is 8.10. The zero-order chi connectivity index (χ0) is 12.7. The van der Waals surface area contributed by atoms with E-state index in [1.54, 1.807) is 18.2 Å². The normalized spacial score (nSPS) is 10.7. The fourth-order valence-electron chi connectivity index (χ4n) is 1.61. The van der Waals surface area contributed by atoms with E-state index in [1.165, 1.54) is 0 Å². The summed E-state index contributed by atoms with van der Waals surface area (Å²) in [6.07, 6.45) is 2.22. The number of aryl methyl sites for hydroxylation is 1. The Kier molecular flexibility index (Phi) is 5.24. The van der Waals surface area contributed by atoms with Gasteiger partial charge < -0.3 is 0 Å². The van der Waals surface area contributed by atoms with E-state index in [0.717, 1.165) is 18.4 Å². The zero-order valence-electron chi connectivity index (χ0n) is 10.4. The molecule has 0 aliphatic heterocycles. The van der Waals surface area contributed by atoms with Crippen molar-refractivity contribution in [2.45, 2.75) is 38.0 Å². The molecule has 0 saturated carbocycles. The van der Waals surface area contributed by atoms with E-state index in [-0.39, 0.29) is 5.75 Å². The molecule has 0 bridgehead atoms. The number of hydrogen-bond acceptors (Lipinski definition) is 2. The van der Waals surface area contributed by atoms with Crippen LogP contribution in [0, 0.1) is 11.8 Å². The number of benzene rings is 1. The highest BCUT2D eigenvalue weighted by molar-refractivity contribution is 7.91. The highest BCUT2D eigenvalue weighted by Crippen LogP contribution is 2.15. The van der Waals surface area contributed by atoms with Gasteiger partial charge in [-0.1, -0.05) is 19.1 Å². The summed E-state index contributed by atoms with van der Waals surface area (Å²) in [5, 5.41) is 0. The molecular weight excluding hydrogens is 232 g/mol. The molecule has 0 aliphatic carbocycles. The molecule has 1 aromatic carbocycles. The minimum Gasteiger partial charge on any atom is -0.224 e. The van der Waals surface area contributed by atoms with Gasteiger partial charge in [0.05, 0.1) is 10.6 Å². The quantitative estimate of drug-likeness (QED) is 0.753. The molecule has 0 saturated heterocycles. The first-order valence-electron chi connectivity index (χ1n) is 5.81. The van der Waals surface area contributed by atoms with Gasteiger partial charge in [0.1, 0.15) is 0 Å². The number of sulfone groups is 1. The van der Waals surface area contributed by atoms with Crippen molar-refractivity contribution in [3.05, 3.63) is 29.8 Å². The van der Waals surface area contributed by atoms with Gasteiger partial charge in [0.2, 0.25) is 0 Å². The first-order valence-corrected chi connectivity index (χ1v) is 7.46. The summed E-state index contributed by atoms with van der Waals surface area (Å²) in [4.78, 5) is 0.432. The fourth-order valence-corrected chi connectivity index (χ4v) is 3.00. The summed E-state index contributed by atoms with van der Waals surface area (Å²) < 4.78 is 23.8. The van der Waals surface area contributed by atoms with E-state index in [0.29, 0.717) is 11.3 Å². The molecule has 0 fully saturated rings. The van der Waals surface area contributed by atoms with E-state index < -0.39 is 9.84 Å². The molecule has 0 aliphatic rings. The van der Waals surface area contributed by atoms with Crippen molar-refractivity contribution in [2.75, 3.05) is 5.75 Å². The third-order valence-corrected chi connectivity index (χ3v) is 4.36. The van der Waals surface area contributed by atoms with E-state index in [9.17, 15) is 8.42 Å². The van der Waals surface area contributed by atoms with Crippen LogP contribution >= 0.6 is 0 Å². The van der Waals surface area contributed by atoms with Gasteiger partial charge in [0.25, 0.3) is 0 Å². The monoisotopic (exact) mass is 250 g/mol. The lowest BCUT2D eigenvalue weighted by Crippen LogP contribution is -2.06. The van der Waals surface area contributed by atoms with Gasteiger partial charge in [-0.15, -0.1) is 11.8 Å². The van der Waals surface area contributed by atoms with Crippen LogP contribution in [0.1, 0.15) is 32.3 Å². The van der Waals surface area contributed by atoms with Crippen LogP contribution in [0.4, 0.5) is 0 Å². The van der Waals surface area contributed by atoms with Gasteiger partial charge in [-0.2, -0.15) is 0 Å². The van der Waals surface area contributed by atoms with Gasteiger partial charge in [0.15, 0.2) is 9.84 Å². The van der Waals surface area contributed by atoms with Crippen LogP contribution in [0.2, 0.25) is 0 Å². The van der Waals surface area contributed by atoms with E-state index in [2.05, 4.69) is 11.8 Å². The maximum absolute atomic E-state index is 11.9. The van der Waals surface area contributed by atoms with E-state index in [1.807, 2.05) is 19.9 Å². The molecule has 0 aromatic heterocycles. The molecule has 2 nitrogen and oxygen atoms in total. The predicted molar refractivity (Wildman–Crippen MR) is 70.6 cm³/mol. The van der Waals surface area contributed by atoms with Crippen LogP contribution < -0.4 is 0 Å². The molecule has 0 amide bonds. The second kappa shape index (κ2) is 6.46. The largest absolute Gasteiger partial charge is 0.224 e. The second-order valence-electron chi connectivity index (χ2n) is 3.89. The second-order valence-corrected chi connectivity index (χ2v) is 6.00. The van der Waals surface area contributed by atoms with Crippen LogP contribution in [0.3, 0.4) is 0 Å². The average molecular weight is 250 g/mol.